The average molecular weight is 330 g/mol. The van der Waals surface area contributed by atoms with Gasteiger partial charge in [-0.05, 0) is 30.6 Å². The minimum Gasteiger partial charge on any atom is -0.378 e. The number of amides is 1. The molecule has 3 rings (SSSR count). The minimum absolute atomic E-state index is 0.0105. The zero-order valence-electron chi connectivity index (χ0n) is 12.5. The van der Waals surface area contributed by atoms with E-state index in [0.29, 0.717) is 15.8 Å². The van der Waals surface area contributed by atoms with E-state index in [9.17, 15) is 4.79 Å². The summed E-state index contributed by atoms with van der Waals surface area (Å²) in [6.45, 7) is 1.63. The summed E-state index contributed by atoms with van der Waals surface area (Å²) >= 11 is 6.75. The molecule has 2 heterocycles. The molecule has 2 aliphatic heterocycles. The molecule has 1 amide bonds. The molecule has 0 aliphatic carbocycles. The third kappa shape index (κ3) is 3.25. The SMILES string of the molecule is CN1CCCC1=CC=C1SC(=S)N(Cc2ccccc2)C1=O. The topological polar surface area (TPSA) is 23.6 Å². The van der Waals surface area contributed by atoms with Crippen LogP contribution < -0.4 is 0 Å². The van der Waals surface area contributed by atoms with Crippen LogP contribution in [-0.4, -0.2) is 33.6 Å². The molecule has 2 saturated heterocycles. The molecule has 1 aromatic rings. The van der Waals surface area contributed by atoms with Crippen LogP contribution in [0.5, 0.6) is 0 Å². The molecule has 0 unspecified atom stereocenters. The average Bonchev–Trinajstić information content (AvgIpc) is 3.04. The van der Waals surface area contributed by atoms with Gasteiger partial charge in [0.05, 0.1) is 11.4 Å². The second-order valence-corrected chi connectivity index (χ2v) is 7.13. The molecular formula is C17H18N2OS2. The fraction of sp³-hybridized carbons (Fsp3) is 0.294. The van der Waals surface area contributed by atoms with Crippen LogP contribution in [-0.2, 0) is 11.3 Å². The van der Waals surface area contributed by atoms with Crippen molar-refractivity contribution in [1.29, 1.82) is 0 Å². The first-order valence-corrected chi connectivity index (χ1v) is 8.57. The van der Waals surface area contributed by atoms with Gasteiger partial charge in [-0.1, -0.05) is 54.3 Å². The molecular weight excluding hydrogens is 312 g/mol. The maximum atomic E-state index is 12.5. The van der Waals surface area contributed by atoms with Crippen LogP contribution in [0.2, 0.25) is 0 Å². The number of carbonyl (C=O) groups excluding carboxylic acids is 1. The normalized spacial score (nSPS) is 22.4. The van der Waals surface area contributed by atoms with Crippen molar-refractivity contribution in [1.82, 2.24) is 9.80 Å². The van der Waals surface area contributed by atoms with Gasteiger partial charge in [0.1, 0.15) is 4.32 Å². The van der Waals surface area contributed by atoms with Crippen molar-refractivity contribution in [2.24, 2.45) is 0 Å². The maximum absolute atomic E-state index is 12.5. The maximum Gasteiger partial charge on any atom is 0.266 e. The Balaban J connectivity index is 1.74. The third-order valence-corrected chi connectivity index (χ3v) is 5.30. The monoisotopic (exact) mass is 330 g/mol. The summed E-state index contributed by atoms with van der Waals surface area (Å²) in [5.74, 6) is 0.0105. The molecule has 0 spiro atoms. The lowest BCUT2D eigenvalue weighted by atomic mass is 10.2. The molecule has 22 heavy (non-hydrogen) atoms. The van der Waals surface area contributed by atoms with Crippen LogP contribution in [0.15, 0.2) is 53.1 Å². The zero-order valence-corrected chi connectivity index (χ0v) is 14.1. The molecule has 5 heteroatoms. The molecule has 1 aromatic carbocycles. The summed E-state index contributed by atoms with van der Waals surface area (Å²) in [4.78, 5) is 17.1. The Bertz CT molecular complexity index is 652. The van der Waals surface area contributed by atoms with Gasteiger partial charge in [0.25, 0.3) is 5.91 Å². The first-order valence-electron chi connectivity index (χ1n) is 7.35. The standard InChI is InChI=1S/C17H18N2OS2/c1-18-11-5-8-14(18)9-10-15-16(20)19(17(21)22-15)12-13-6-3-2-4-7-13/h2-4,6-7,9-10H,5,8,11-12H2,1H3. The van der Waals surface area contributed by atoms with Crippen molar-refractivity contribution in [3.8, 4) is 0 Å². The Hall–Kier alpha value is -1.59. The molecule has 2 aliphatic rings. The Morgan fingerprint density at radius 3 is 2.73 bits per heavy atom. The number of nitrogens with zero attached hydrogens (tertiary/aromatic N) is 2. The third-order valence-electron chi connectivity index (χ3n) is 3.90. The van der Waals surface area contributed by atoms with Crippen molar-refractivity contribution in [3.63, 3.8) is 0 Å². The van der Waals surface area contributed by atoms with Crippen LogP contribution >= 0.6 is 24.0 Å². The summed E-state index contributed by atoms with van der Waals surface area (Å²) in [5.41, 5.74) is 2.38. The van der Waals surface area contributed by atoms with Gasteiger partial charge in [0.2, 0.25) is 0 Å². The van der Waals surface area contributed by atoms with E-state index >= 15 is 0 Å². The fourth-order valence-electron chi connectivity index (χ4n) is 2.63. The van der Waals surface area contributed by atoms with E-state index < -0.39 is 0 Å². The Morgan fingerprint density at radius 1 is 1.27 bits per heavy atom. The molecule has 0 radical (unpaired) electrons. The molecule has 3 nitrogen and oxygen atoms in total. The lowest BCUT2D eigenvalue weighted by Crippen LogP contribution is -2.27. The highest BCUT2D eigenvalue weighted by Crippen LogP contribution is 2.32. The first-order chi connectivity index (χ1) is 10.6. The second kappa shape index (κ2) is 6.67. The van der Waals surface area contributed by atoms with Gasteiger partial charge >= 0.3 is 0 Å². The van der Waals surface area contributed by atoms with E-state index in [0.717, 1.165) is 18.5 Å². The molecule has 0 atom stereocenters. The van der Waals surface area contributed by atoms with Gasteiger partial charge in [-0.2, -0.15) is 0 Å². The van der Waals surface area contributed by atoms with Gasteiger partial charge in [0, 0.05) is 19.3 Å². The molecule has 2 fully saturated rings. The number of thioether (sulfide) groups is 1. The van der Waals surface area contributed by atoms with Crippen LogP contribution in [0.3, 0.4) is 0 Å². The summed E-state index contributed by atoms with van der Waals surface area (Å²) in [6, 6.07) is 9.94. The first kappa shape index (κ1) is 15.3. The highest BCUT2D eigenvalue weighted by atomic mass is 32.2. The van der Waals surface area contributed by atoms with E-state index in [1.54, 1.807) is 4.90 Å². The molecule has 0 aromatic heterocycles. The number of carbonyl (C=O) groups is 1. The van der Waals surface area contributed by atoms with Crippen LogP contribution in [0.1, 0.15) is 18.4 Å². The summed E-state index contributed by atoms with van der Waals surface area (Å²) in [5, 5.41) is 0. The van der Waals surface area contributed by atoms with Gasteiger partial charge < -0.3 is 4.90 Å². The smallest absolute Gasteiger partial charge is 0.266 e. The Kier molecular flexibility index (Phi) is 4.64. The van der Waals surface area contributed by atoms with Crippen LogP contribution in [0.25, 0.3) is 0 Å². The number of hydrogen-bond donors (Lipinski definition) is 0. The van der Waals surface area contributed by atoms with Gasteiger partial charge in [0.15, 0.2) is 0 Å². The van der Waals surface area contributed by atoms with Gasteiger partial charge in [-0.25, -0.2) is 0 Å². The van der Waals surface area contributed by atoms with Gasteiger partial charge in [-0.15, -0.1) is 0 Å². The number of benzene rings is 1. The van der Waals surface area contributed by atoms with E-state index in [2.05, 4.69) is 18.0 Å². The van der Waals surface area contributed by atoms with Crippen molar-refractivity contribution >= 4 is 34.2 Å². The van der Waals surface area contributed by atoms with E-state index in [1.165, 1.54) is 23.9 Å². The largest absolute Gasteiger partial charge is 0.378 e. The highest BCUT2D eigenvalue weighted by molar-refractivity contribution is 8.26. The predicted octanol–water partition coefficient (Wildman–Crippen LogP) is 3.54. The summed E-state index contributed by atoms with van der Waals surface area (Å²) < 4.78 is 0.637. The quantitative estimate of drug-likeness (QED) is 0.625. The predicted molar refractivity (Wildman–Crippen MR) is 95.2 cm³/mol. The van der Waals surface area contributed by atoms with Crippen molar-refractivity contribution in [2.45, 2.75) is 19.4 Å². The van der Waals surface area contributed by atoms with E-state index in [1.807, 2.05) is 36.4 Å². The zero-order chi connectivity index (χ0) is 15.5. The minimum atomic E-state index is 0.0105. The number of hydrogen-bond acceptors (Lipinski definition) is 4. The molecule has 0 N–H and O–H groups in total. The number of rotatable bonds is 3. The Morgan fingerprint density at radius 2 is 2.05 bits per heavy atom. The highest BCUT2D eigenvalue weighted by Gasteiger charge is 2.31. The number of thiocarbonyl (C=S) groups is 1. The number of likely N-dealkylation sites (tertiary alicyclic amines) is 1. The number of allylic oxidation sites excluding steroid dienone is 3. The van der Waals surface area contributed by atoms with E-state index in [-0.39, 0.29) is 5.91 Å². The van der Waals surface area contributed by atoms with Gasteiger partial charge in [-0.3, -0.25) is 9.69 Å². The fourth-order valence-corrected chi connectivity index (χ4v) is 3.83. The summed E-state index contributed by atoms with van der Waals surface area (Å²) in [7, 11) is 2.09. The van der Waals surface area contributed by atoms with E-state index in [4.69, 9.17) is 12.2 Å². The van der Waals surface area contributed by atoms with Crippen LogP contribution in [0, 0.1) is 0 Å². The molecule has 0 saturated carbocycles. The van der Waals surface area contributed by atoms with Crippen molar-refractivity contribution in [2.75, 3.05) is 13.6 Å². The Labute approximate surface area is 140 Å². The summed E-state index contributed by atoms with van der Waals surface area (Å²) in [6.07, 6.45) is 6.24. The molecule has 114 valence electrons. The molecule has 0 bridgehead atoms. The second-order valence-electron chi connectivity index (χ2n) is 5.46. The van der Waals surface area contributed by atoms with Crippen molar-refractivity contribution < 1.29 is 4.79 Å². The van der Waals surface area contributed by atoms with Crippen molar-refractivity contribution in [3.05, 3.63) is 58.6 Å². The lowest BCUT2D eigenvalue weighted by Gasteiger charge is -2.14. The lowest BCUT2D eigenvalue weighted by molar-refractivity contribution is -0.122. The van der Waals surface area contributed by atoms with Crippen LogP contribution in [0.4, 0.5) is 0 Å².